The maximum atomic E-state index is 6.13. The number of para-hydroxylation sites is 2. The topological polar surface area (TPSA) is 34.8 Å². The fourth-order valence-electron chi connectivity index (χ4n) is 4.61. The number of imidazole rings is 1. The minimum Gasteiger partial charge on any atom is -0.440 e. The first kappa shape index (κ1) is 21.4. The number of rotatable bonds is 3. The van der Waals surface area contributed by atoms with Gasteiger partial charge in [0.15, 0.2) is 22.5 Å². The highest BCUT2D eigenvalue weighted by Gasteiger charge is 2.30. The molecule has 0 saturated carbocycles. The molecule has 5 rings (SSSR count). The molecule has 0 bridgehead atoms. The molecular weight excluding hydrogens is 406 g/mol. The maximum Gasteiger partial charge on any atom is 0.297 e. The average molecular weight is 439 g/mol. The molecule has 0 saturated heterocycles. The van der Waals surface area contributed by atoms with Gasteiger partial charge in [-0.05, 0) is 53.8 Å². The Morgan fingerprint density at radius 3 is 2.30 bits per heavy atom. The molecular formula is C29H32N3O+. The lowest BCUT2D eigenvalue weighted by Gasteiger charge is -2.18. The molecule has 168 valence electrons. The number of benzene rings is 3. The van der Waals surface area contributed by atoms with Gasteiger partial charge < -0.3 is 4.42 Å². The first-order valence-electron chi connectivity index (χ1n) is 11.7. The summed E-state index contributed by atoms with van der Waals surface area (Å²) in [4.78, 5) is 4.95. The first-order chi connectivity index (χ1) is 15.7. The van der Waals surface area contributed by atoms with Crippen LogP contribution in [-0.2, 0) is 12.5 Å². The Kier molecular flexibility index (Phi) is 4.93. The van der Waals surface area contributed by atoms with Gasteiger partial charge in [0.1, 0.15) is 11.2 Å². The molecule has 0 radical (unpaired) electrons. The van der Waals surface area contributed by atoms with Crippen molar-refractivity contribution < 1.29 is 8.98 Å². The van der Waals surface area contributed by atoms with Crippen molar-refractivity contribution in [2.24, 2.45) is 7.05 Å². The summed E-state index contributed by atoms with van der Waals surface area (Å²) in [6.45, 7) is 13.1. The van der Waals surface area contributed by atoms with Gasteiger partial charge in [-0.2, -0.15) is 4.57 Å². The Morgan fingerprint density at radius 1 is 0.939 bits per heavy atom. The molecule has 3 aromatic carbocycles. The predicted octanol–water partition coefficient (Wildman–Crippen LogP) is 6.99. The largest absolute Gasteiger partial charge is 0.440 e. The zero-order valence-electron chi connectivity index (χ0n) is 20.6. The van der Waals surface area contributed by atoms with E-state index in [9.17, 15) is 0 Å². The SMILES string of the molecule is Cc1ccc2oc(C(C)C)nc2c1-c1n(-c2ccc(C(C)(C)C)cc2)c2ccccc2[n+]1C. The van der Waals surface area contributed by atoms with Crippen LogP contribution >= 0.6 is 0 Å². The van der Waals surface area contributed by atoms with Gasteiger partial charge in [-0.15, -0.1) is 0 Å². The molecule has 0 amide bonds. The molecule has 2 aromatic heterocycles. The van der Waals surface area contributed by atoms with E-state index in [0.717, 1.165) is 34.1 Å². The van der Waals surface area contributed by atoms with Crippen molar-refractivity contribution in [3.63, 3.8) is 0 Å². The molecule has 0 atom stereocenters. The Hall–Kier alpha value is -3.40. The van der Waals surface area contributed by atoms with E-state index in [1.54, 1.807) is 0 Å². The second kappa shape index (κ2) is 7.58. The molecule has 0 spiro atoms. The Bertz CT molecular complexity index is 1480. The molecule has 0 fully saturated rings. The fourth-order valence-corrected chi connectivity index (χ4v) is 4.61. The Morgan fingerprint density at radius 2 is 1.64 bits per heavy atom. The van der Waals surface area contributed by atoms with Crippen LogP contribution in [0.3, 0.4) is 0 Å². The third kappa shape index (κ3) is 3.45. The van der Waals surface area contributed by atoms with E-state index < -0.39 is 0 Å². The molecule has 0 aliphatic rings. The van der Waals surface area contributed by atoms with Crippen LogP contribution < -0.4 is 4.57 Å². The molecule has 33 heavy (non-hydrogen) atoms. The monoisotopic (exact) mass is 438 g/mol. The van der Waals surface area contributed by atoms with Crippen LogP contribution in [0.5, 0.6) is 0 Å². The third-order valence-electron chi connectivity index (χ3n) is 6.51. The normalized spacial score (nSPS) is 12.4. The van der Waals surface area contributed by atoms with Crippen molar-refractivity contribution in [2.75, 3.05) is 0 Å². The minimum absolute atomic E-state index is 0.112. The molecule has 4 nitrogen and oxygen atoms in total. The Labute approximate surface area is 195 Å². The average Bonchev–Trinajstić information content (AvgIpc) is 3.33. The van der Waals surface area contributed by atoms with Gasteiger partial charge in [0, 0.05) is 5.92 Å². The van der Waals surface area contributed by atoms with E-state index in [4.69, 9.17) is 9.40 Å². The maximum absolute atomic E-state index is 6.13. The predicted molar refractivity (Wildman–Crippen MR) is 135 cm³/mol. The number of hydrogen-bond donors (Lipinski definition) is 0. The second-order valence-electron chi connectivity index (χ2n) is 10.3. The standard InChI is InChI=1S/C29H32N3O/c1-18(2)27-30-26-24(33-27)17-12-19(3)25(26)28-31(7)22-10-8-9-11-23(22)32(28)21-15-13-20(14-16-21)29(4,5)6/h8-18H,1-7H3/q+1. The van der Waals surface area contributed by atoms with Gasteiger partial charge in [-0.1, -0.05) is 65.0 Å². The van der Waals surface area contributed by atoms with E-state index in [1.165, 1.54) is 22.2 Å². The van der Waals surface area contributed by atoms with Gasteiger partial charge in [0.25, 0.3) is 5.82 Å². The molecule has 0 aliphatic heterocycles. The van der Waals surface area contributed by atoms with Crippen molar-refractivity contribution in [3.8, 4) is 17.1 Å². The number of fused-ring (bicyclic) bond motifs is 2. The number of nitrogens with zero attached hydrogens (tertiary/aromatic N) is 3. The summed E-state index contributed by atoms with van der Waals surface area (Å²) >= 11 is 0. The van der Waals surface area contributed by atoms with E-state index in [0.29, 0.717) is 0 Å². The highest BCUT2D eigenvalue weighted by Crippen LogP contribution is 2.36. The molecule has 5 aromatic rings. The number of hydrogen-bond acceptors (Lipinski definition) is 2. The van der Waals surface area contributed by atoms with E-state index in [1.807, 2.05) is 6.07 Å². The summed E-state index contributed by atoms with van der Waals surface area (Å²) in [6.07, 6.45) is 0. The summed E-state index contributed by atoms with van der Waals surface area (Å²) in [7, 11) is 2.14. The lowest BCUT2D eigenvalue weighted by atomic mass is 9.87. The molecule has 0 N–H and O–H groups in total. The first-order valence-corrected chi connectivity index (χ1v) is 11.7. The lowest BCUT2D eigenvalue weighted by Crippen LogP contribution is -2.30. The molecule has 0 unspecified atom stereocenters. The summed E-state index contributed by atoms with van der Waals surface area (Å²) in [6, 6.07) is 21.7. The summed E-state index contributed by atoms with van der Waals surface area (Å²) in [5.74, 6) is 2.11. The van der Waals surface area contributed by atoms with Gasteiger partial charge in [-0.25, -0.2) is 9.55 Å². The van der Waals surface area contributed by atoms with E-state index in [2.05, 4.69) is 112 Å². The Balaban J connectivity index is 1.86. The van der Waals surface area contributed by atoms with Crippen LogP contribution in [0.2, 0.25) is 0 Å². The van der Waals surface area contributed by atoms with Gasteiger partial charge in [0.2, 0.25) is 0 Å². The number of oxazole rings is 1. The van der Waals surface area contributed by atoms with Crippen molar-refractivity contribution in [3.05, 3.63) is 77.7 Å². The highest BCUT2D eigenvalue weighted by atomic mass is 16.3. The van der Waals surface area contributed by atoms with Crippen LogP contribution in [0.4, 0.5) is 0 Å². The van der Waals surface area contributed by atoms with Crippen LogP contribution in [-0.4, -0.2) is 9.55 Å². The molecule has 0 aliphatic carbocycles. The minimum atomic E-state index is 0.112. The summed E-state index contributed by atoms with van der Waals surface area (Å²) in [5.41, 5.74) is 8.96. The summed E-state index contributed by atoms with van der Waals surface area (Å²) in [5, 5.41) is 0. The zero-order valence-corrected chi connectivity index (χ0v) is 20.6. The summed E-state index contributed by atoms with van der Waals surface area (Å²) < 4.78 is 10.8. The lowest BCUT2D eigenvalue weighted by molar-refractivity contribution is -0.633. The zero-order chi connectivity index (χ0) is 23.5. The number of aromatic nitrogens is 3. The quantitative estimate of drug-likeness (QED) is 0.284. The highest BCUT2D eigenvalue weighted by molar-refractivity contribution is 5.92. The van der Waals surface area contributed by atoms with E-state index in [-0.39, 0.29) is 11.3 Å². The van der Waals surface area contributed by atoms with Crippen molar-refractivity contribution in [1.29, 1.82) is 0 Å². The molecule has 2 heterocycles. The van der Waals surface area contributed by atoms with Crippen LogP contribution in [0.1, 0.15) is 57.6 Å². The van der Waals surface area contributed by atoms with Crippen LogP contribution in [0, 0.1) is 6.92 Å². The molecule has 4 heteroatoms. The second-order valence-corrected chi connectivity index (χ2v) is 10.3. The smallest absolute Gasteiger partial charge is 0.297 e. The van der Waals surface area contributed by atoms with Crippen molar-refractivity contribution in [2.45, 2.75) is 52.9 Å². The van der Waals surface area contributed by atoms with E-state index >= 15 is 0 Å². The fraction of sp³-hybridized carbons (Fsp3) is 0.310. The van der Waals surface area contributed by atoms with Crippen molar-refractivity contribution in [1.82, 2.24) is 9.55 Å². The number of aryl methyl sites for hydroxylation is 2. The van der Waals surface area contributed by atoms with Gasteiger partial charge >= 0.3 is 0 Å². The van der Waals surface area contributed by atoms with Gasteiger partial charge in [-0.3, -0.25) is 0 Å². The van der Waals surface area contributed by atoms with Crippen LogP contribution in [0.15, 0.2) is 65.1 Å². The van der Waals surface area contributed by atoms with Crippen LogP contribution in [0.25, 0.3) is 39.2 Å². The van der Waals surface area contributed by atoms with Gasteiger partial charge in [0.05, 0.1) is 12.6 Å². The third-order valence-corrected chi connectivity index (χ3v) is 6.51. The van der Waals surface area contributed by atoms with Crippen molar-refractivity contribution >= 4 is 22.1 Å².